The normalized spacial score (nSPS) is 17.4. The summed E-state index contributed by atoms with van der Waals surface area (Å²) >= 11 is 0. The Kier molecular flexibility index (Phi) is 2.51. The van der Waals surface area contributed by atoms with Crippen molar-refractivity contribution in [1.29, 1.82) is 5.26 Å². The number of benzene rings is 1. The molecule has 0 aromatic heterocycles. The van der Waals surface area contributed by atoms with Gasteiger partial charge < -0.3 is 4.74 Å². The molecule has 0 bridgehead atoms. The lowest BCUT2D eigenvalue weighted by molar-refractivity contribution is 0.0947. The van der Waals surface area contributed by atoms with Gasteiger partial charge in [-0.1, -0.05) is 30.3 Å². The van der Waals surface area contributed by atoms with E-state index in [-0.39, 0.29) is 5.41 Å². The van der Waals surface area contributed by atoms with Crippen LogP contribution in [0.25, 0.3) is 0 Å². The van der Waals surface area contributed by atoms with E-state index in [2.05, 4.69) is 6.07 Å². The van der Waals surface area contributed by atoms with Gasteiger partial charge in [0.15, 0.2) is 0 Å². The maximum Gasteiger partial charge on any atom is 0.0808 e. The van der Waals surface area contributed by atoms with E-state index in [4.69, 9.17) is 10.00 Å². The van der Waals surface area contributed by atoms with Gasteiger partial charge in [-0.2, -0.15) is 5.26 Å². The van der Waals surface area contributed by atoms with E-state index in [1.165, 1.54) is 5.56 Å². The van der Waals surface area contributed by atoms with Gasteiger partial charge in [-0.3, -0.25) is 0 Å². The molecule has 1 saturated carbocycles. The molecule has 2 heteroatoms. The number of ether oxygens (including phenoxy) is 1. The Balaban J connectivity index is 1.77. The number of nitrogens with zero attached hydrogens (tertiary/aromatic N) is 1. The Labute approximate surface area is 84.1 Å². The molecule has 0 saturated heterocycles. The number of nitriles is 1. The van der Waals surface area contributed by atoms with Gasteiger partial charge in [0, 0.05) is 0 Å². The van der Waals surface area contributed by atoms with Gasteiger partial charge in [0.25, 0.3) is 0 Å². The Morgan fingerprint density at radius 3 is 2.57 bits per heavy atom. The third-order valence-electron chi connectivity index (χ3n) is 2.58. The molecular formula is C12H13NO. The summed E-state index contributed by atoms with van der Waals surface area (Å²) in [7, 11) is 0. The lowest BCUT2D eigenvalue weighted by Crippen LogP contribution is -2.07. The van der Waals surface area contributed by atoms with Crippen LogP contribution in [0.15, 0.2) is 30.3 Å². The highest BCUT2D eigenvalue weighted by Gasteiger charge is 2.43. The maximum absolute atomic E-state index is 8.82. The summed E-state index contributed by atoms with van der Waals surface area (Å²) in [6, 6.07) is 12.4. The molecule has 0 amide bonds. The second-order valence-electron chi connectivity index (χ2n) is 3.87. The first-order valence-electron chi connectivity index (χ1n) is 4.88. The minimum atomic E-state index is -0.144. The van der Waals surface area contributed by atoms with Crippen LogP contribution in [0.2, 0.25) is 0 Å². The van der Waals surface area contributed by atoms with Gasteiger partial charge >= 0.3 is 0 Å². The van der Waals surface area contributed by atoms with Gasteiger partial charge in [-0.05, 0) is 18.4 Å². The van der Waals surface area contributed by atoms with Crippen LogP contribution in [-0.2, 0) is 11.3 Å². The van der Waals surface area contributed by atoms with Crippen LogP contribution >= 0.6 is 0 Å². The third-order valence-corrected chi connectivity index (χ3v) is 2.58. The van der Waals surface area contributed by atoms with Gasteiger partial charge in [0.2, 0.25) is 0 Å². The average Bonchev–Trinajstić information content (AvgIpc) is 3.00. The molecule has 0 radical (unpaired) electrons. The molecule has 72 valence electrons. The lowest BCUT2D eigenvalue weighted by atomic mass is 10.1. The van der Waals surface area contributed by atoms with Crippen molar-refractivity contribution in [3.63, 3.8) is 0 Å². The Morgan fingerprint density at radius 1 is 1.29 bits per heavy atom. The summed E-state index contributed by atoms with van der Waals surface area (Å²) in [5, 5.41) is 8.82. The quantitative estimate of drug-likeness (QED) is 0.725. The molecule has 1 aromatic carbocycles. The molecule has 0 spiro atoms. The number of rotatable bonds is 4. The first-order chi connectivity index (χ1) is 6.85. The fraction of sp³-hybridized carbons (Fsp3) is 0.417. The largest absolute Gasteiger partial charge is 0.375 e. The number of hydrogen-bond acceptors (Lipinski definition) is 2. The zero-order valence-corrected chi connectivity index (χ0v) is 8.07. The van der Waals surface area contributed by atoms with E-state index in [9.17, 15) is 0 Å². The minimum Gasteiger partial charge on any atom is -0.375 e. The van der Waals surface area contributed by atoms with Crippen molar-refractivity contribution in [2.75, 3.05) is 6.61 Å². The van der Waals surface area contributed by atoms with E-state index < -0.39 is 0 Å². The first-order valence-corrected chi connectivity index (χ1v) is 4.88. The van der Waals surface area contributed by atoms with Crippen molar-refractivity contribution in [2.24, 2.45) is 5.41 Å². The molecule has 1 aromatic rings. The zero-order valence-electron chi connectivity index (χ0n) is 8.07. The van der Waals surface area contributed by atoms with Crippen LogP contribution in [0.4, 0.5) is 0 Å². The zero-order chi connectivity index (χ0) is 9.86. The molecule has 1 aliphatic carbocycles. The lowest BCUT2D eigenvalue weighted by Gasteiger charge is -2.06. The Morgan fingerprint density at radius 2 is 2.00 bits per heavy atom. The van der Waals surface area contributed by atoms with Crippen molar-refractivity contribution in [3.05, 3.63) is 35.9 Å². The first kappa shape index (κ1) is 9.23. The molecule has 0 heterocycles. The molecule has 1 aliphatic rings. The predicted molar refractivity (Wildman–Crippen MR) is 53.4 cm³/mol. The van der Waals surface area contributed by atoms with Gasteiger partial charge in [-0.25, -0.2) is 0 Å². The van der Waals surface area contributed by atoms with Gasteiger partial charge in [0.1, 0.15) is 0 Å². The van der Waals surface area contributed by atoms with Gasteiger partial charge in [-0.15, -0.1) is 0 Å². The van der Waals surface area contributed by atoms with Crippen LogP contribution in [0.1, 0.15) is 18.4 Å². The summed E-state index contributed by atoms with van der Waals surface area (Å²) in [6.07, 6.45) is 2.00. The summed E-state index contributed by atoms with van der Waals surface area (Å²) in [5.74, 6) is 0. The summed E-state index contributed by atoms with van der Waals surface area (Å²) in [4.78, 5) is 0. The van der Waals surface area contributed by atoms with Crippen LogP contribution in [0.3, 0.4) is 0 Å². The van der Waals surface area contributed by atoms with E-state index >= 15 is 0 Å². The van der Waals surface area contributed by atoms with E-state index in [1.807, 2.05) is 30.3 Å². The second kappa shape index (κ2) is 3.81. The third kappa shape index (κ3) is 2.12. The summed E-state index contributed by atoms with van der Waals surface area (Å²) in [5.41, 5.74) is 1.02. The highest BCUT2D eigenvalue weighted by molar-refractivity contribution is 5.14. The van der Waals surface area contributed by atoms with Crippen molar-refractivity contribution < 1.29 is 4.74 Å². The van der Waals surface area contributed by atoms with E-state index in [0.29, 0.717) is 13.2 Å². The highest BCUT2D eigenvalue weighted by atomic mass is 16.5. The average molecular weight is 187 g/mol. The van der Waals surface area contributed by atoms with Crippen molar-refractivity contribution in [2.45, 2.75) is 19.4 Å². The summed E-state index contributed by atoms with van der Waals surface area (Å²) in [6.45, 7) is 1.20. The molecule has 0 unspecified atom stereocenters. The standard InChI is InChI=1S/C12H13NO/c13-9-12(6-7-12)10-14-8-11-4-2-1-3-5-11/h1-5H,6-8,10H2. The monoisotopic (exact) mass is 187 g/mol. The predicted octanol–water partition coefficient (Wildman–Crippen LogP) is 2.51. The molecule has 14 heavy (non-hydrogen) atoms. The fourth-order valence-electron chi connectivity index (χ4n) is 1.38. The molecule has 1 fully saturated rings. The van der Waals surface area contributed by atoms with Crippen LogP contribution in [-0.4, -0.2) is 6.61 Å². The Bertz CT molecular complexity index is 335. The number of hydrogen-bond donors (Lipinski definition) is 0. The molecule has 0 N–H and O–H groups in total. The highest BCUT2D eigenvalue weighted by Crippen LogP contribution is 2.45. The van der Waals surface area contributed by atoms with E-state index in [1.54, 1.807) is 0 Å². The van der Waals surface area contributed by atoms with E-state index in [0.717, 1.165) is 12.8 Å². The molecular weight excluding hydrogens is 174 g/mol. The smallest absolute Gasteiger partial charge is 0.0808 e. The molecule has 2 rings (SSSR count). The molecule has 0 atom stereocenters. The van der Waals surface area contributed by atoms with Crippen molar-refractivity contribution >= 4 is 0 Å². The van der Waals surface area contributed by atoms with Crippen LogP contribution < -0.4 is 0 Å². The second-order valence-corrected chi connectivity index (χ2v) is 3.87. The topological polar surface area (TPSA) is 33.0 Å². The molecule has 2 nitrogen and oxygen atoms in total. The van der Waals surface area contributed by atoms with Crippen LogP contribution in [0, 0.1) is 16.7 Å². The van der Waals surface area contributed by atoms with Crippen molar-refractivity contribution in [3.8, 4) is 6.07 Å². The SMILES string of the molecule is N#CC1(COCc2ccccc2)CC1. The fourth-order valence-corrected chi connectivity index (χ4v) is 1.38. The molecule has 0 aliphatic heterocycles. The Hall–Kier alpha value is -1.33. The summed E-state index contributed by atoms with van der Waals surface area (Å²) < 4.78 is 5.52. The maximum atomic E-state index is 8.82. The van der Waals surface area contributed by atoms with Crippen LogP contribution in [0.5, 0.6) is 0 Å². The minimum absolute atomic E-state index is 0.144. The van der Waals surface area contributed by atoms with Gasteiger partial charge in [0.05, 0.1) is 24.7 Å². The van der Waals surface area contributed by atoms with Crippen molar-refractivity contribution in [1.82, 2.24) is 0 Å².